The zero-order valence-electron chi connectivity index (χ0n) is 28.2. The molecule has 7 aromatic rings. The molecule has 0 bridgehead atoms. The Labute approximate surface area is 279 Å². The smallest absolute Gasteiger partial charge is 0.0646 e. The summed E-state index contributed by atoms with van der Waals surface area (Å²) < 4.78 is 2.50. The van der Waals surface area contributed by atoms with Crippen LogP contribution in [-0.4, -0.2) is 4.57 Å². The summed E-state index contributed by atoms with van der Waals surface area (Å²) in [5.41, 5.74) is 17.8. The highest BCUT2D eigenvalue weighted by Crippen LogP contribution is 2.41. The van der Waals surface area contributed by atoms with Crippen LogP contribution in [0.4, 0.5) is 5.69 Å². The molecule has 0 saturated carbocycles. The van der Waals surface area contributed by atoms with Gasteiger partial charge in [-0.05, 0) is 89.4 Å². The van der Waals surface area contributed by atoms with Crippen molar-refractivity contribution in [1.29, 1.82) is 0 Å². The van der Waals surface area contributed by atoms with Crippen LogP contribution in [0, 0.1) is 5.92 Å². The summed E-state index contributed by atoms with van der Waals surface area (Å²) in [7, 11) is 0. The summed E-state index contributed by atoms with van der Waals surface area (Å²) in [5.74, 6) is 0.557. The Morgan fingerprint density at radius 3 is 1.26 bits per heavy atom. The molecule has 2 N–H and O–H groups in total. The van der Waals surface area contributed by atoms with Gasteiger partial charge in [-0.1, -0.05) is 142 Å². The lowest BCUT2D eigenvalue weighted by molar-refractivity contribution is 0.427. The third kappa shape index (κ3) is 5.52. The first-order valence-electron chi connectivity index (χ1n) is 16.8. The van der Waals surface area contributed by atoms with Crippen LogP contribution < -0.4 is 5.73 Å². The van der Waals surface area contributed by atoms with Crippen LogP contribution in [0.3, 0.4) is 0 Å². The molecule has 1 aromatic heterocycles. The van der Waals surface area contributed by atoms with E-state index in [-0.39, 0.29) is 11.0 Å². The molecular formula is C45H44N2. The van der Waals surface area contributed by atoms with Crippen molar-refractivity contribution < 1.29 is 0 Å². The fourth-order valence-corrected chi connectivity index (χ4v) is 7.68. The standard InChI is InChI=1S/C45H44N2/c1-31(2)30-45(5,38-26-18-34(19-27-38)35-20-28-39(46)29-21-35)37-24-16-33(17-25-37)32-14-22-36(23-15-32)44(3,4)47-42-12-8-6-10-40(42)41-11-7-9-13-43(41)47/h6-29,31H,30,46H2,1-5H3. The average Bonchev–Trinajstić information content (AvgIpc) is 3.44. The van der Waals surface area contributed by atoms with E-state index in [1.165, 1.54) is 60.8 Å². The van der Waals surface area contributed by atoms with Gasteiger partial charge in [-0.3, -0.25) is 0 Å². The number of aromatic nitrogens is 1. The molecule has 47 heavy (non-hydrogen) atoms. The lowest BCUT2D eigenvalue weighted by Gasteiger charge is -2.33. The highest BCUT2D eigenvalue weighted by Gasteiger charge is 2.30. The van der Waals surface area contributed by atoms with E-state index in [4.69, 9.17) is 5.73 Å². The second kappa shape index (κ2) is 11.9. The third-order valence-electron chi connectivity index (χ3n) is 10.2. The van der Waals surface area contributed by atoms with Gasteiger partial charge in [0.2, 0.25) is 0 Å². The molecule has 0 saturated heterocycles. The molecule has 0 fully saturated rings. The number of rotatable bonds is 8. The van der Waals surface area contributed by atoms with Crippen LogP contribution in [0.5, 0.6) is 0 Å². The SMILES string of the molecule is CC(C)CC(C)(c1ccc(-c2ccc(N)cc2)cc1)c1ccc(-c2ccc(C(C)(C)n3c4ccccc4c4ccccc43)cc2)cc1. The van der Waals surface area contributed by atoms with Crippen LogP contribution in [0.15, 0.2) is 146 Å². The molecule has 234 valence electrons. The average molecular weight is 613 g/mol. The number of para-hydroxylation sites is 2. The molecular weight excluding hydrogens is 569 g/mol. The van der Waals surface area contributed by atoms with Gasteiger partial charge in [-0.2, -0.15) is 0 Å². The van der Waals surface area contributed by atoms with Gasteiger partial charge in [0.15, 0.2) is 0 Å². The molecule has 0 aliphatic rings. The Kier molecular flexibility index (Phi) is 7.76. The number of nitrogen functional groups attached to an aromatic ring is 1. The molecule has 6 aromatic carbocycles. The largest absolute Gasteiger partial charge is 0.399 e. The van der Waals surface area contributed by atoms with Gasteiger partial charge in [0.25, 0.3) is 0 Å². The van der Waals surface area contributed by atoms with E-state index in [2.05, 4.69) is 173 Å². The zero-order valence-corrected chi connectivity index (χ0v) is 28.2. The third-order valence-corrected chi connectivity index (χ3v) is 10.2. The molecule has 0 spiro atoms. The number of anilines is 1. The molecule has 1 atom stereocenters. The molecule has 0 aliphatic carbocycles. The second-order valence-electron chi connectivity index (χ2n) is 14.2. The molecule has 0 amide bonds. The second-order valence-corrected chi connectivity index (χ2v) is 14.2. The maximum absolute atomic E-state index is 5.92. The lowest BCUT2D eigenvalue weighted by atomic mass is 9.70. The molecule has 7 rings (SSSR count). The topological polar surface area (TPSA) is 30.9 Å². The van der Waals surface area contributed by atoms with Crippen molar-refractivity contribution in [2.75, 3.05) is 5.73 Å². The van der Waals surface area contributed by atoms with E-state index in [0.29, 0.717) is 5.92 Å². The summed E-state index contributed by atoms with van der Waals surface area (Å²) in [5, 5.41) is 2.60. The van der Waals surface area contributed by atoms with Crippen molar-refractivity contribution in [3.8, 4) is 22.3 Å². The maximum Gasteiger partial charge on any atom is 0.0646 e. The Hall–Kier alpha value is -5.08. The van der Waals surface area contributed by atoms with Crippen molar-refractivity contribution in [3.63, 3.8) is 0 Å². The summed E-state index contributed by atoms with van der Waals surface area (Å²) in [4.78, 5) is 0. The van der Waals surface area contributed by atoms with Crippen LogP contribution in [0.2, 0.25) is 0 Å². The molecule has 1 heterocycles. The van der Waals surface area contributed by atoms with Crippen LogP contribution in [-0.2, 0) is 11.0 Å². The number of hydrogen-bond donors (Lipinski definition) is 1. The Morgan fingerprint density at radius 1 is 0.489 bits per heavy atom. The highest BCUT2D eigenvalue weighted by atomic mass is 15.1. The minimum atomic E-state index is -0.229. The first-order chi connectivity index (χ1) is 22.6. The van der Waals surface area contributed by atoms with Crippen LogP contribution in [0.25, 0.3) is 44.1 Å². The minimum Gasteiger partial charge on any atom is -0.399 e. The van der Waals surface area contributed by atoms with Crippen LogP contribution >= 0.6 is 0 Å². The van der Waals surface area contributed by atoms with E-state index in [1.54, 1.807) is 0 Å². The number of fused-ring (bicyclic) bond motifs is 3. The maximum atomic E-state index is 5.92. The first kappa shape index (κ1) is 30.6. The summed E-state index contributed by atoms with van der Waals surface area (Å²) >= 11 is 0. The zero-order chi connectivity index (χ0) is 32.8. The molecule has 0 aliphatic heterocycles. The summed E-state index contributed by atoms with van der Waals surface area (Å²) in [6.45, 7) is 11.7. The van der Waals surface area contributed by atoms with Crippen molar-refractivity contribution in [3.05, 3.63) is 162 Å². The van der Waals surface area contributed by atoms with E-state index in [1.807, 2.05) is 12.1 Å². The van der Waals surface area contributed by atoms with Gasteiger partial charge in [-0.15, -0.1) is 0 Å². The van der Waals surface area contributed by atoms with Gasteiger partial charge in [0, 0.05) is 32.9 Å². The molecule has 1 unspecified atom stereocenters. The Balaban J connectivity index is 1.18. The first-order valence-corrected chi connectivity index (χ1v) is 16.8. The number of nitrogens with two attached hydrogens (primary N) is 1. The van der Waals surface area contributed by atoms with Gasteiger partial charge in [-0.25, -0.2) is 0 Å². The Bertz CT molecular complexity index is 2090. The number of benzene rings is 6. The normalized spacial score (nSPS) is 13.3. The van der Waals surface area contributed by atoms with E-state index in [0.717, 1.165) is 12.1 Å². The predicted molar refractivity (Wildman–Crippen MR) is 202 cm³/mol. The monoisotopic (exact) mass is 612 g/mol. The Morgan fingerprint density at radius 2 is 0.851 bits per heavy atom. The number of hydrogen-bond acceptors (Lipinski definition) is 1. The minimum absolute atomic E-state index is 0.0947. The van der Waals surface area contributed by atoms with Gasteiger partial charge in [0.1, 0.15) is 0 Å². The van der Waals surface area contributed by atoms with E-state index in [9.17, 15) is 0 Å². The number of nitrogens with zero attached hydrogens (tertiary/aromatic N) is 1. The summed E-state index contributed by atoms with van der Waals surface area (Å²) in [6, 6.07) is 53.2. The van der Waals surface area contributed by atoms with Gasteiger partial charge in [0.05, 0.1) is 5.54 Å². The van der Waals surface area contributed by atoms with E-state index >= 15 is 0 Å². The van der Waals surface area contributed by atoms with Crippen LogP contribution in [0.1, 0.15) is 57.7 Å². The molecule has 0 radical (unpaired) electrons. The van der Waals surface area contributed by atoms with Crippen molar-refractivity contribution in [1.82, 2.24) is 4.57 Å². The van der Waals surface area contributed by atoms with Gasteiger partial charge < -0.3 is 10.3 Å². The molecule has 2 nitrogen and oxygen atoms in total. The fourth-order valence-electron chi connectivity index (χ4n) is 7.68. The van der Waals surface area contributed by atoms with E-state index < -0.39 is 0 Å². The molecule has 2 heteroatoms. The van der Waals surface area contributed by atoms with Gasteiger partial charge >= 0.3 is 0 Å². The lowest BCUT2D eigenvalue weighted by Crippen LogP contribution is -2.27. The highest BCUT2D eigenvalue weighted by molar-refractivity contribution is 6.08. The van der Waals surface area contributed by atoms with Crippen molar-refractivity contribution in [2.45, 2.75) is 52.0 Å². The quantitative estimate of drug-likeness (QED) is 0.170. The van der Waals surface area contributed by atoms with Crippen molar-refractivity contribution in [2.24, 2.45) is 5.92 Å². The predicted octanol–water partition coefficient (Wildman–Crippen LogP) is 11.8. The fraction of sp³-hybridized carbons (Fsp3) is 0.200. The summed E-state index contributed by atoms with van der Waals surface area (Å²) in [6.07, 6.45) is 1.07. The van der Waals surface area contributed by atoms with Crippen molar-refractivity contribution >= 4 is 27.5 Å².